The number of amides is 1. The van der Waals surface area contributed by atoms with Crippen molar-refractivity contribution in [3.63, 3.8) is 0 Å². The van der Waals surface area contributed by atoms with Crippen LogP contribution in [0.1, 0.15) is 25.5 Å². The quantitative estimate of drug-likeness (QED) is 0.322. The fraction of sp³-hybridized carbons (Fsp3) is 0.500. The van der Waals surface area contributed by atoms with Crippen LogP contribution in [0, 0.1) is 11.3 Å². The van der Waals surface area contributed by atoms with Crippen LogP contribution in [0.2, 0.25) is 0 Å². The summed E-state index contributed by atoms with van der Waals surface area (Å²) >= 11 is 0. The second kappa shape index (κ2) is 5.90. The molecule has 0 unspecified atom stereocenters. The smallest absolute Gasteiger partial charge is 0.233 e. The summed E-state index contributed by atoms with van der Waals surface area (Å²) in [5, 5.41) is 14.7. The number of hydrogen-bond donors (Lipinski definition) is 3. The Morgan fingerprint density at radius 2 is 2.35 bits per heavy atom. The fourth-order valence-electron chi connectivity index (χ4n) is 2.76. The standard InChI is InChI=1S/C14H20N4O2/c1-10-8-14(9-10,12(15)18-20)13(19)17-7-5-11-4-2-3-6-16-11/h2-4,6,10,20H,5,7-9H2,1H3,(H2,15,18)(H,17,19). The van der Waals surface area contributed by atoms with Crippen molar-refractivity contribution in [1.82, 2.24) is 10.3 Å². The summed E-state index contributed by atoms with van der Waals surface area (Å²) in [6.07, 6.45) is 3.63. The van der Waals surface area contributed by atoms with Gasteiger partial charge in [-0.2, -0.15) is 0 Å². The fourth-order valence-corrected chi connectivity index (χ4v) is 2.76. The number of nitrogens with two attached hydrogens (primary N) is 1. The van der Waals surface area contributed by atoms with Crippen molar-refractivity contribution in [3.8, 4) is 0 Å². The van der Waals surface area contributed by atoms with Gasteiger partial charge >= 0.3 is 0 Å². The zero-order valence-corrected chi connectivity index (χ0v) is 11.5. The van der Waals surface area contributed by atoms with E-state index in [0.29, 0.717) is 31.7 Å². The van der Waals surface area contributed by atoms with Gasteiger partial charge in [0.2, 0.25) is 5.91 Å². The van der Waals surface area contributed by atoms with Gasteiger partial charge in [0.1, 0.15) is 5.41 Å². The molecule has 6 heteroatoms. The molecule has 4 N–H and O–H groups in total. The molecule has 1 aliphatic rings. The first kappa shape index (κ1) is 14.3. The predicted octanol–water partition coefficient (Wildman–Crippen LogP) is 0.903. The summed E-state index contributed by atoms with van der Waals surface area (Å²) in [4.78, 5) is 16.5. The molecular formula is C14H20N4O2. The van der Waals surface area contributed by atoms with E-state index in [1.54, 1.807) is 6.20 Å². The van der Waals surface area contributed by atoms with E-state index in [1.807, 2.05) is 25.1 Å². The molecule has 1 heterocycles. The van der Waals surface area contributed by atoms with Crippen molar-refractivity contribution >= 4 is 11.7 Å². The maximum absolute atomic E-state index is 12.3. The molecule has 1 fully saturated rings. The lowest BCUT2D eigenvalue weighted by molar-refractivity contribution is -0.133. The highest BCUT2D eigenvalue weighted by atomic mass is 16.4. The molecule has 1 aliphatic carbocycles. The second-order valence-corrected chi connectivity index (χ2v) is 5.41. The number of carbonyl (C=O) groups is 1. The van der Waals surface area contributed by atoms with Crippen molar-refractivity contribution in [2.24, 2.45) is 22.2 Å². The summed E-state index contributed by atoms with van der Waals surface area (Å²) < 4.78 is 0. The van der Waals surface area contributed by atoms with Crippen molar-refractivity contribution < 1.29 is 10.0 Å². The highest BCUT2D eigenvalue weighted by Gasteiger charge is 2.51. The van der Waals surface area contributed by atoms with Crippen LogP contribution in [0.15, 0.2) is 29.6 Å². The van der Waals surface area contributed by atoms with E-state index in [2.05, 4.69) is 15.5 Å². The van der Waals surface area contributed by atoms with Gasteiger partial charge in [0, 0.05) is 24.9 Å². The Kier molecular flexibility index (Phi) is 4.22. The molecule has 1 aromatic heterocycles. The third-order valence-electron chi connectivity index (χ3n) is 3.82. The van der Waals surface area contributed by atoms with Crippen molar-refractivity contribution in [2.45, 2.75) is 26.2 Å². The van der Waals surface area contributed by atoms with Gasteiger partial charge in [-0.1, -0.05) is 18.1 Å². The molecule has 6 nitrogen and oxygen atoms in total. The Labute approximate surface area is 118 Å². The normalized spacial score (nSPS) is 25.9. The van der Waals surface area contributed by atoms with Crippen LogP contribution < -0.4 is 11.1 Å². The van der Waals surface area contributed by atoms with Gasteiger partial charge in [0.05, 0.1) is 0 Å². The van der Waals surface area contributed by atoms with Gasteiger partial charge in [-0.3, -0.25) is 9.78 Å². The lowest BCUT2D eigenvalue weighted by Crippen LogP contribution is -2.57. The molecule has 0 aromatic carbocycles. The summed E-state index contributed by atoms with van der Waals surface area (Å²) in [5.74, 6) is 0.254. The Morgan fingerprint density at radius 1 is 1.60 bits per heavy atom. The number of nitrogens with zero attached hydrogens (tertiary/aromatic N) is 2. The van der Waals surface area contributed by atoms with Crippen molar-refractivity contribution in [3.05, 3.63) is 30.1 Å². The molecule has 0 spiro atoms. The number of aromatic nitrogens is 1. The zero-order valence-electron chi connectivity index (χ0n) is 11.5. The van der Waals surface area contributed by atoms with E-state index in [0.717, 1.165) is 5.69 Å². The summed E-state index contributed by atoms with van der Waals surface area (Å²) in [7, 11) is 0. The minimum atomic E-state index is -0.835. The van der Waals surface area contributed by atoms with Crippen LogP contribution in [0.25, 0.3) is 0 Å². The van der Waals surface area contributed by atoms with Crippen molar-refractivity contribution in [1.29, 1.82) is 0 Å². The molecule has 108 valence electrons. The predicted molar refractivity (Wildman–Crippen MR) is 75.2 cm³/mol. The van der Waals surface area contributed by atoms with Crippen molar-refractivity contribution in [2.75, 3.05) is 6.54 Å². The minimum absolute atomic E-state index is 0.00550. The van der Waals surface area contributed by atoms with Crippen LogP contribution in [0.5, 0.6) is 0 Å². The van der Waals surface area contributed by atoms with E-state index in [4.69, 9.17) is 10.9 Å². The van der Waals surface area contributed by atoms with Gasteiger partial charge in [-0.05, 0) is 30.9 Å². The van der Waals surface area contributed by atoms with Gasteiger partial charge in [0.15, 0.2) is 5.84 Å². The summed E-state index contributed by atoms with van der Waals surface area (Å²) in [6.45, 7) is 2.54. The van der Waals surface area contributed by atoms with E-state index >= 15 is 0 Å². The number of oxime groups is 1. The van der Waals surface area contributed by atoms with E-state index in [-0.39, 0.29) is 11.7 Å². The monoisotopic (exact) mass is 276 g/mol. The third kappa shape index (κ3) is 2.74. The SMILES string of the molecule is CC1CC(C(=O)NCCc2ccccn2)(/C(N)=N/O)C1. The number of rotatable bonds is 5. The third-order valence-corrected chi connectivity index (χ3v) is 3.82. The number of hydrogen-bond acceptors (Lipinski definition) is 4. The Morgan fingerprint density at radius 3 is 2.90 bits per heavy atom. The topological polar surface area (TPSA) is 101 Å². The minimum Gasteiger partial charge on any atom is -0.409 e. The van der Waals surface area contributed by atoms with Crippen LogP contribution in [0.3, 0.4) is 0 Å². The maximum Gasteiger partial charge on any atom is 0.233 e. The van der Waals surface area contributed by atoms with E-state index in [1.165, 1.54) is 0 Å². The molecule has 1 aromatic rings. The van der Waals surface area contributed by atoms with Gasteiger partial charge in [0.25, 0.3) is 0 Å². The zero-order chi connectivity index (χ0) is 14.6. The lowest BCUT2D eigenvalue weighted by atomic mass is 9.61. The largest absolute Gasteiger partial charge is 0.409 e. The van der Waals surface area contributed by atoms with Crippen LogP contribution in [0.4, 0.5) is 0 Å². The average molecular weight is 276 g/mol. The molecular weight excluding hydrogens is 256 g/mol. The maximum atomic E-state index is 12.3. The van der Waals surface area contributed by atoms with Gasteiger partial charge < -0.3 is 16.3 Å². The number of nitrogens with one attached hydrogen (secondary N) is 1. The first-order valence-corrected chi connectivity index (χ1v) is 6.74. The Hall–Kier alpha value is -2.11. The summed E-state index contributed by atoms with van der Waals surface area (Å²) in [6, 6.07) is 5.68. The van der Waals surface area contributed by atoms with Crippen LogP contribution in [-0.2, 0) is 11.2 Å². The molecule has 2 rings (SSSR count). The average Bonchev–Trinajstić information content (AvgIpc) is 2.43. The highest BCUT2D eigenvalue weighted by molar-refractivity contribution is 6.07. The van der Waals surface area contributed by atoms with Gasteiger partial charge in [-0.15, -0.1) is 0 Å². The molecule has 0 aliphatic heterocycles. The molecule has 0 radical (unpaired) electrons. The lowest BCUT2D eigenvalue weighted by Gasteiger charge is -2.43. The van der Waals surface area contributed by atoms with Gasteiger partial charge in [-0.25, -0.2) is 0 Å². The Balaban J connectivity index is 1.90. The first-order valence-electron chi connectivity index (χ1n) is 6.74. The number of carbonyl (C=O) groups excluding carboxylic acids is 1. The molecule has 0 bridgehead atoms. The van der Waals surface area contributed by atoms with E-state index in [9.17, 15) is 4.79 Å². The summed E-state index contributed by atoms with van der Waals surface area (Å²) in [5.41, 5.74) is 5.77. The number of amidine groups is 1. The molecule has 0 atom stereocenters. The van der Waals surface area contributed by atoms with Crippen LogP contribution >= 0.6 is 0 Å². The van der Waals surface area contributed by atoms with Crippen LogP contribution in [-0.4, -0.2) is 28.5 Å². The highest BCUT2D eigenvalue weighted by Crippen LogP contribution is 2.45. The van der Waals surface area contributed by atoms with E-state index < -0.39 is 5.41 Å². The molecule has 1 amide bonds. The second-order valence-electron chi connectivity index (χ2n) is 5.41. The molecule has 0 saturated heterocycles. The number of pyridine rings is 1. The Bertz CT molecular complexity index is 495. The first-order chi connectivity index (χ1) is 9.58. The molecule has 1 saturated carbocycles. The molecule has 20 heavy (non-hydrogen) atoms.